The topological polar surface area (TPSA) is 99.8 Å². The number of aliphatic imine (C=N–C) groups is 1. The van der Waals surface area contributed by atoms with Gasteiger partial charge in [0.15, 0.2) is 5.96 Å². The number of guanidine groups is 1. The van der Waals surface area contributed by atoms with Crippen LogP contribution in [0.25, 0.3) is 0 Å². The molecule has 28 heavy (non-hydrogen) atoms. The third kappa shape index (κ3) is 7.86. The van der Waals surface area contributed by atoms with E-state index in [1.807, 2.05) is 23.9 Å². The second-order valence-corrected chi connectivity index (χ2v) is 7.77. The van der Waals surface area contributed by atoms with E-state index in [4.69, 9.17) is 10.7 Å². The number of benzene rings is 1. The Labute approximate surface area is 188 Å². The van der Waals surface area contributed by atoms with Crippen LogP contribution in [0.3, 0.4) is 0 Å². The van der Waals surface area contributed by atoms with Gasteiger partial charge in [-0.25, -0.2) is 4.99 Å². The van der Waals surface area contributed by atoms with E-state index in [0.29, 0.717) is 17.4 Å². The van der Waals surface area contributed by atoms with E-state index in [1.165, 1.54) is 6.42 Å². The van der Waals surface area contributed by atoms with Gasteiger partial charge in [-0.15, -0.1) is 24.0 Å². The third-order valence-corrected chi connectivity index (χ3v) is 5.65. The third-order valence-electron chi connectivity index (χ3n) is 4.28. The van der Waals surface area contributed by atoms with Gasteiger partial charge in [0.25, 0.3) is 5.91 Å². The van der Waals surface area contributed by atoms with E-state index >= 15 is 0 Å². The van der Waals surface area contributed by atoms with Crippen LogP contribution in [0, 0.1) is 0 Å². The first-order valence-electron chi connectivity index (χ1n) is 9.33. The zero-order valence-electron chi connectivity index (χ0n) is 16.4. The van der Waals surface area contributed by atoms with Crippen LogP contribution in [0.4, 0.5) is 0 Å². The maximum Gasteiger partial charge on any atom is 0.251 e. The highest BCUT2D eigenvalue weighted by atomic mass is 127. The number of rotatable bonds is 7. The summed E-state index contributed by atoms with van der Waals surface area (Å²) in [5.74, 6) is 1.19. The Morgan fingerprint density at radius 3 is 2.57 bits per heavy atom. The number of nitrogens with two attached hydrogens (primary N) is 1. The highest BCUT2D eigenvalue weighted by molar-refractivity contribution is 14.0. The van der Waals surface area contributed by atoms with E-state index in [9.17, 15) is 9.59 Å². The van der Waals surface area contributed by atoms with Gasteiger partial charge >= 0.3 is 0 Å². The molecule has 0 bridgehead atoms. The van der Waals surface area contributed by atoms with Crippen LogP contribution in [-0.2, 0) is 11.3 Å². The van der Waals surface area contributed by atoms with E-state index < -0.39 is 5.91 Å². The molecule has 1 aliphatic heterocycles. The molecule has 1 fully saturated rings. The smallest absolute Gasteiger partial charge is 0.251 e. The minimum atomic E-state index is -0.563. The lowest BCUT2D eigenvalue weighted by Crippen LogP contribution is -2.48. The first kappa shape index (κ1) is 24.5. The zero-order valence-corrected chi connectivity index (χ0v) is 19.6. The Hall–Kier alpha value is -1.49. The van der Waals surface area contributed by atoms with E-state index in [0.717, 1.165) is 36.9 Å². The monoisotopic (exact) mass is 519 g/mol. The summed E-state index contributed by atoms with van der Waals surface area (Å²) >= 11 is 2.04. The van der Waals surface area contributed by atoms with Gasteiger partial charge in [0, 0.05) is 36.2 Å². The lowest BCUT2D eigenvalue weighted by molar-refractivity contribution is -0.117. The molecule has 0 aromatic heterocycles. The summed E-state index contributed by atoms with van der Waals surface area (Å²) in [7, 11) is 0. The molecule has 9 heteroatoms. The predicted octanol–water partition coefficient (Wildman–Crippen LogP) is 1.81. The van der Waals surface area contributed by atoms with Crippen molar-refractivity contribution in [1.29, 1.82) is 0 Å². The molecule has 1 heterocycles. The number of nitrogens with zero attached hydrogens (tertiary/aromatic N) is 2. The van der Waals surface area contributed by atoms with E-state index in [1.54, 1.807) is 12.1 Å². The molecule has 2 rings (SSSR count). The number of hydrogen-bond donors (Lipinski definition) is 3. The normalized spacial score (nSPS) is 16.9. The molecular formula is C19H30IN5O2S. The largest absolute Gasteiger partial charge is 0.368 e. The number of amides is 2. The van der Waals surface area contributed by atoms with Crippen LogP contribution in [-0.4, -0.2) is 59.9 Å². The van der Waals surface area contributed by atoms with Gasteiger partial charge in [-0.3, -0.25) is 9.59 Å². The summed E-state index contributed by atoms with van der Waals surface area (Å²) in [5.41, 5.74) is 6.55. The van der Waals surface area contributed by atoms with Gasteiger partial charge in [0.05, 0.1) is 13.1 Å². The van der Waals surface area contributed by atoms with Crippen molar-refractivity contribution in [3.8, 4) is 0 Å². The second kappa shape index (κ2) is 12.9. The quantitative estimate of drug-likeness (QED) is 0.290. The average Bonchev–Trinajstić information content (AvgIpc) is 2.69. The number of carbonyl (C=O) groups is 2. The van der Waals surface area contributed by atoms with Crippen LogP contribution < -0.4 is 16.4 Å². The molecule has 0 radical (unpaired) electrons. The molecule has 1 aromatic carbocycles. The van der Waals surface area contributed by atoms with Gasteiger partial charge in [0.1, 0.15) is 0 Å². The lowest BCUT2D eigenvalue weighted by Gasteiger charge is -2.34. The van der Waals surface area contributed by atoms with Gasteiger partial charge in [-0.05, 0) is 31.0 Å². The van der Waals surface area contributed by atoms with Crippen molar-refractivity contribution in [1.82, 2.24) is 15.5 Å². The van der Waals surface area contributed by atoms with Crippen molar-refractivity contribution in [3.63, 3.8) is 0 Å². The fourth-order valence-electron chi connectivity index (χ4n) is 2.78. The van der Waals surface area contributed by atoms with Crippen molar-refractivity contribution >= 4 is 53.5 Å². The number of primary amides is 1. The molecule has 1 aliphatic rings. The fraction of sp³-hybridized carbons (Fsp3) is 0.526. The molecule has 7 nitrogen and oxygen atoms in total. The molecule has 0 spiro atoms. The molecule has 1 saturated heterocycles. The minimum Gasteiger partial charge on any atom is -0.368 e. The van der Waals surface area contributed by atoms with E-state index in [-0.39, 0.29) is 36.4 Å². The summed E-state index contributed by atoms with van der Waals surface area (Å²) < 4.78 is 0. The highest BCUT2D eigenvalue weighted by Crippen LogP contribution is 2.21. The number of halogens is 1. The van der Waals surface area contributed by atoms with Crippen LogP contribution in [0.1, 0.15) is 36.2 Å². The minimum absolute atomic E-state index is 0. The first-order chi connectivity index (χ1) is 13.0. The molecular weight excluding hydrogens is 489 g/mol. The average molecular weight is 519 g/mol. The molecule has 1 aromatic rings. The summed E-state index contributed by atoms with van der Waals surface area (Å²) in [6.45, 7) is 7.54. The molecule has 1 unspecified atom stereocenters. The number of nitrogens with one attached hydrogen (secondary N) is 2. The Kier molecular flexibility index (Phi) is 11.3. The van der Waals surface area contributed by atoms with Crippen LogP contribution >= 0.6 is 35.7 Å². The zero-order chi connectivity index (χ0) is 19.6. The Morgan fingerprint density at radius 1 is 1.25 bits per heavy atom. The molecule has 0 saturated carbocycles. The standard InChI is InChI=1S/C19H29N5O2S.HI/c1-3-16-13-24(9-10-27-16)19(21-4-2)23-11-14-5-7-15(8-6-14)18(26)22-12-17(20)25;/h5-8,16H,3-4,9-13H2,1-2H3,(H2,20,25)(H,21,23)(H,22,26);1H. The SMILES string of the molecule is CCNC(=NCc1ccc(C(=O)NCC(N)=O)cc1)N1CCSC(CC)C1.I. The molecule has 4 N–H and O–H groups in total. The van der Waals surface area contributed by atoms with E-state index in [2.05, 4.69) is 29.4 Å². The van der Waals surface area contributed by atoms with Gasteiger partial charge < -0.3 is 21.3 Å². The Balaban J connectivity index is 0.00000392. The predicted molar refractivity (Wildman–Crippen MR) is 126 cm³/mol. The number of carbonyl (C=O) groups excluding carboxylic acids is 2. The maximum atomic E-state index is 11.9. The van der Waals surface area contributed by atoms with Gasteiger partial charge in [-0.2, -0.15) is 11.8 Å². The molecule has 0 aliphatic carbocycles. The summed E-state index contributed by atoms with van der Waals surface area (Å²) in [5, 5.41) is 6.51. The van der Waals surface area contributed by atoms with Crippen LogP contribution in [0.15, 0.2) is 29.3 Å². The van der Waals surface area contributed by atoms with Crippen molar-refractivity contribution in [2.75, 3.05) is 31.9 Å². The molecule has 156 valence electrons. The lowest BCUT2D eigenvalue weighted by atomic mass is 10.1. The van der Waals surface area contributed by atoms with Crippen molar-refractivity contribution < 1.29 is 9.59 Å². The van der Waals surface area contributed by atoms with Crippen molar-refractivity contribution in [2.45, 2.75) is 32.1 Å². The molecule has 1 atom stereocenters. The molecule has 2 amide bonds. The summed E-state index contributed by atoms with van der Waals surface area (Å²) in [4.78, 5) is 29.8. The van der Waals surface area contributed by atoms with Crippen LogP contribution in [0.2, 0.25) is 0 Å². The maximum absolute atomic E-state index is 11.9. The van der Waals surface area contributed by atoms with Gasteiger partial charge in [0.2, 0.25) is 5.91 Å². The fourth-order valence-corrected chi connectivity index (χ4v) is 3.96. The summed E-state index contributed by atoms with van der Waals surface area (Å²) in [6, 6.07) is 7.23. The second-order valence-electron chi connectivity index (χ2n) is 6.36. The van der Waals surface area contributed by atoms with Crippen molar-refractivity contribution in [3.05, 3.63) is 35.4 Å². The summed E-state index contributed by atoms with van der Waals surface area (Å²) in [6.07, 6.45) is 1.17. The number of hydrogen-bond acceptors (Lipinski definition) is 4. The number of thioether (sulfide) groups is 1. The van der Waals surface area contributed by atoms with Crippen LogP contribution in [0.5, 0.6) is 0 Å². The Bertz CT molecular complexity index is 669. The first-order valence-corrected chi connectivity index (χ1v) is 10.4. The highest BCUT2D eigenvalue weighted by Gasteiger charge is 2.21. The van der Waals surface area contributed by atoms with Crippen molar-refractivity contribution in [2.24, 2.45) is 10.7 Å². The van der Waals surface area contributed by atoms with Gasteiger partial charge in [-0.1, -0.05) is 19.1 Å². The Morgan fingerprint density at radius 2 is 1.96 bits per heavy atom.